The number of hydrogen-bond acceptors (Lipinski definition) is 3. The first-order valence-electron chi connectivity index (χ1n) is 6.64. The van der Waals surface area contributed by atoms with Gasteiger partial charge in [-0.25, -0.2) is 4.79 Å². The molecule has 1 aromatic rings. The average molecular weight is 248 g/mol. The second kappa shape index (κ2) is 6.01. The van der Waals surface area contributed by atoms with Crippen molar-refractivity contribution in [3.05, 3.63) is 35.9 Å². The molecular formula is C15H20O3. The Bertz CT molecular complexity index is 380. The molecule has 0 atom stereocenters. The van der Waals surface area contributed by atoms with E-state index in [4.69, 9.17) is 4.74 Å². The van der Waals surface area contributed by atoms with Crippen LogP contribution in [-0.2, 0) is 16.0 Å². The Labute approximate surface area is 108 Å². The SMILES string of the molecule is O=C(OCCc1ccccc1)C1(O)CCCCC1. The molecule has 0 aromatic heterocycles. The first-order valence-corrected chi connectivity index (χ1v) is 6.64. The van der Waals surface area contributed by atoms with Crippen molar-refractivity contribution in [1.29, 1.82) is 0 Å². The van der Waals surface area contributed by atoms with Gasteiger partial charge in [0.2, 0.25) is 0 Å². The van der Waals surface area contributed by atoms with E-state index in [1.54, 1.807) is 0 Å². The number of rotatable bonds is 4. The summed E-state index contributed by atoms with van der Waals surface area (Å²) < 4.78 is 5.20. The smallest absolute Gasteiger partial charge is 0.338 e. The summed E-state index contributed by atoms with van der Waals surface area (Å²) in [5.41, 5.74) is -0.0875. The van der Waals surface area contributed by atoms with Crippen molar-refractivity contribution in [1.82, 2.24) is 0 Å². The maximum atomic E-state index is 11.8. The van der Waals surface area contributed by atoms with Gasteiger partial charge in [-0.1, -0.05) is 36.8 Å². The second-order valence-electron chi connectivity index (χ2n) is 4.96. The van der Waals surface area contributed by atoms with Gasteiger partial charge in [-0.05, 0) is 31.2 Å². The quantitative estimate of drug-likeness (QED) is 0.833. The number of carbonyl (C=O) groups excluding carboxylic acids is 1. The van der Waals surface area contributed by atoms with Gasteiger partial charge in [-0.3, -0.25) is 0 Å². The summed E-state index contributed by atoms with van der Waals surface area (Å²) in [6.07, 6.45) is 4.69. The minimum atomic E-state index is -1.23. The molecule has 0 unspecified atom stereocenters. The predicted molar refractivity (Wildman–Crippen MR) is 69.1 cm³/mol. The van der Waals surface area contributed by atoms with Gasteiger partial charge in [0.15, 0.2) is 5.60 Å². The molecule has 1 aliphatic rings. The normalized spacial score (nSPS) is 18.3. The van der Waals surface area contributed by atoms with Gasteiger partial charge in [-0.15, -0.1) is 0 Å². The minimum Gasteiger partial charge on any atom is -0.463 e. The van der Waals surface area contributed by atoms with Crippen LogP contribution in [-0.4, -0.2) is 23.3 Å². The fraction of sp³-hybridized carbons (Fsp3) is 0.533. The molecule has 98 valence electrons. The maximum Gasteiger partial charge on any atom is 0.338 e. The lowest BCUT2D eigenvalue weighted by molar-refractivity contribution is -0.168. The molecule has 0 saturated heterocycles. The van der Waals surface area contributed by atoms with Crippen molar-refractivity contribution in [2.75, 3.05) is 6.61 Å². The first kappa shape index (κ1) is 13.1. The van der Waals surface area contributed by atoms with Crippen LogP contribution in [0, 0.1) is 0 Å². The monoisotopic (exact) mass is 248 g/mol. The number of ether oxygens (including phenoxy) is 1. The Morgan fingerprint density at radius 3 is 2.50 bits per heavy atom. The number of carbonyl (C=O) groups is 1. The molecule has 1 aliphatic carbocycles. The topological polar surface area (TPSA) is 46.5 Å². The molecule has 1 saturated carbocycles. The van der Waals surface area contributed by atoms with Gasteiger partial charge < -0.3 is 9.84 Å². The van der Waals surface area contributed by atoms with Crippen LogP contribution < -0.4 is 0 Å². The van der Waals surface area contributed by atoms with E-state index in [0.29, 0.717) is 25.9 Å². The molecule has 18 heavy (non-hydrogen) atoms. The van der Waals surface area contributed by atoms with Crippen LogP contribution in [0.1, 0.15) is 37.7 Å². The largest absolute Gasteiger partial charge is 0.463 e. The molecule has 1 fully saturated rings. The van der Waals surface area contributed by atoms with Gasteiger partial charge in [0.25, 0.3) is 0 Å². The highest BCUT2D eigenvalue weighted by atomic mass is 16.5. The van der Waals surface area contributed by atoms with Gasteiger partial charge in [0.05, 0.1) is 6.61 Å². The average Bonchev–Trinajstić information content (AvgIpc) is 2.41. The zero-order chi connectivity index (χ0) is 12.8. The Kier molecular flexibility index (Phi) is 4.37. The fourth-order valence-corrected chi connectivity index (χ4v) is 2.38. The third kappa shape index (κ3) is 3.33. The fourth-order valence-electron chi connectivity index (χ4n) is 2.38. The van der Waals surface area contributed by atoms with E-state index < -0.39 is 11.6 Å². The molecule has 1 N–H and O–H groups in total. The molecule has 0 aliphatic heterocycles. The van der Waals surface area contributed by atoms with Crippen LogP contribution in [0.4, 0.5) is 0 Å². The number of esters is 1. The third-order valence-electron chi connectivity index (χ3n) is 3.53. The molecule has 0 bridgehead atoms. The molecule has 0 spiro atoms. The van der Waals surface area contributed by atoms with Crippen molar-refractivity contribution in [3.63, 3.8) is 0 Å². The van der Waals surface area contributed by atoms with Crippen molar-refractivity contribution in [2.45, 2.75) is 44.1 Å². The van der Waals surface area contributed by atoms with Crippen LogP contribution in [0.2, 0.25) is 0 Å². The number of hydrogen-bond donors (Lipinski definition) is 1. The number of benzene rings is 1. The molecule has 1 aromatic carbocycles. The summed E-state index contributed by atoms with van der Waals surface area (Å²) >= 11 is 0. The van der Waals surface area contributed by atoms with Crippen molar-refractivity contribution in [3.8, 4) is 0 Å². The van der Waals surface area contributed by atoms with Gasteiger partial charge in [0.1, 0.15) is 0 Å². The zero-order valence-corrected chi connectivity index (χ0v) is 10.6. The van der Waals surface area contributed by atoms with E-state index in [0.717, 1.165) is 24.8 Å². The van der Waals surface area contributed by atoms with E-state index in [-0.39, 0.29) is 0 Å². The van der Waals surface area contributed by atoms with E-state index in [9.17, 15) is 9.90 Å². The van der Waals surface area contributed by atoms with Crippen molar-refractivity contribution < 1.29 is 14.6 Å². The minimum absolute atomic E-state index is 0.338. The predicted octanol–water partition coefficient (Wildman–Crippen LogP) is 2.47. The molecule has 0 radical (unpaired) electrons. The van der Waals surface area contributed by atoms with Crippen LogP contribution in [0.15, 0.2) is 30.3 Å². The lowest BCUT2D eigenvalue weighted by atomic mass is 9.85. The highest BCUT2D eigenvalue weighted by Crippen LogP contribution is 2.29. The van der Waals surface area contributed by atoms with E-state index in [1.165, 1.54) is 0 Å². The molecule has 3 heteroatoms. The summed E-state index contributed by atoms with van der Waals surface area (Å²) in [5.74, 6) is -0.446. The van der Waals surface area contributed by atoms with Crippen LogP contribution in [0.5, 0.6) is 0 Å². The summed E-state index contributed by atoms with van der Waals surface area (Å²) in [6.45, 7) is 0.338. The molecule has 3 nitrogen and oxygen atoms in total. The standard InChI is InChI=1S/C15H20O3/c16-14(15(17)10-5-2-6-11-15)18-12-9-13-7-3-1-4-8-13/h1,3-4,7-8,17H,2,5-6,9-12H2. The lowest BCUT2D eigenvalue weighted by Gasteiger charge is -2.29. The van der Waals surface area contributed by atoms with E-state index in [1.807, 2.05) is 30.3 Å². The molecule has 2 rings (SSSR count). The molecule has 0 amide bonds. The van der Waals surface area contributed by atoms with E-state index >= 15 is 0 Å². The summed E-state index contributed by atoms with van der Waals surface area (Å²) in [7, 11) is 0. The Balaban J connectivity index is 1.78. The highest BCUT2D eigenvalue weighted by molar-refractivity contribution is 5.79. The van der Waals surface area contributed by atoms with Crippen LogP contribution in [0.3, 0.4) is 0 Å². The van der Waals surface area contributed by atoms with Crippen molar-refractivity contribution >= 4 is 5.97 Å². The first-order chi connectivity index (χ1) is 8.71. The molecular weight excluding hydrogens is 228 g/mol. The van der Waals surface area contributed by atoms with Gasteiger partial charge >= 0.3 is 5.97 Å². The van der Waals surface area contributed by atoms with Gasteiger partial charge in [-0.2, -0.15) is 0 Å². The lowest BCUT2D eigenvalue weighted by Crippen LogP contribution is -2.42. The summed E-state index contributed by atoms with van der Waals surface area (Å²) in [4.78, 5) is 11.8. The Morgan fingerprint density at radius 1 is 1.17 bits per heavy atom. The summed E-state index contributed by atoms with van der Waals surface area (Å²) in [5, 5.41) is 10.2. The molecule has 0 heterocycles. The zero-order valence-electron chi connectivity index (χ0n) is 10.6. The second-order valence-corrected chi connectivity index (χ2v) is 4.96. The van der Waals surface area contributed by atoms with E-state index in [2.05, 4.69) is 0 Å². The Morgan fingerprint density at radius 2 is 1.83 bits per heavy atom. The summed E-state index contributed by atoms with van der Waals surface area (Å²) in [6, 6.07) is 9.89. The Hall–Kier alpha value is -1.35. The van der Waals surface area contributed by atoms with Gasteiger partial charge in [0, 0.05) is 6.42 Å². The van der Waals surface area contributed by atoms with Crippen LogP contribution in [0.25, 0.3) is 0 Å². The third-order valence-corrected chi connectivity index (χ3v) is 3.53. The highest BCUT2D eigenvalue weighted by Gasteiger charge is 2.38. The number of aliphatic hydroxyl groups is 1. The van der Waals surface area contributed by atoms with Crippen molar-refractivity contribution in [2.24, 2.45) is 0 Å². The maximum absolute atomic E-state index is 11.8. The van der Waals surface area contributed by atoms with Crippen LogP contribution >= 0.6 is 0 Å².